The maximum Gasteiger partial charge on any atom is 0.276 e. The van der Waals surface area contributed by atoms with Crippen molar-refractivity contribution < 1.29 is 4.79 Å². The molecule has 0 bridgehead atoms. The van der Waals surface area contributed by atoms with Crippen molar-refractivity contribution in [3.05, 3.63) is 53.3 Å². The number of anilines is 1. The minimum atomic E-state index is 0.0479. The molecule has 1 amide bonds. The van der Waals surface area contributed by atoms with Gasteiger partial charge in [-0.05, 0) is 25.0 Å². The van der Waals surface area contributed by atoms with E-state index in [0.29, 0.717) is 5.69 Å². The van der Waals surface area contributed by atoms with Crippen molar-refractivity contribution in [1.82, 2.24) is 9.38 Å². The van der Waals surface area contributed by atoms with Crippen molar-refractivity contribution in [3.63, 3.8) is 0 Å². The maximum atomic E-state index is 12.9. The molecule has 3 heterocycles. The van der Waals surface area contributed by atoms with Crippen LogP contribution in [-0.2, 0) is 6.42 Å². The van der Waals surface area contributed by atoms with E-state index in [0.717, 1.165) is 17.1 Å². The van der Waals surface area contributed by atoms with Gasteiger partial charge in [0.25, 0.3) is 5.91 Å². The minimum Gasteiger partial charge on any atom is -0.304 e. The molecule has 1 aliphatic heterocycles. The Hall–Kier alpha value is -2.14. The minimum absolute atomic E-state index is 0.0479. The maximum absolute atomic E-state index is 12.9. The van der Waals surface area contributed by atoms with E-state index in [-0.39, 0.29) is 11.9 Å². The van der Waals surface area contributed by atoms with E-state index in [4.69, 9.17) is 0 Å². The van der Waals surface area contributed by atoms with E-state index < -0.39 is 0 Å². The second-order valence-electron chi connectivity index (χ2n) is 5.06. The van der Waals surface area contributed by atoms with Gasteiger partial charge in [-0.1, -0.05) is 18.2 Å². The highest BCUT2D eigenvalue weighted by atomic mass is 32.1. The quantitative estimate of drug-likeness (QED) is 0.688. The van der Waals surface area contributed by atoms with E-state index in [1.54, 1.807) is 6.20 Å². The van der Waals surface area contributed by atoms with Crippen LogP contribution in [-0.4, -0.2) is 21.3 Å². The number of hydrogen-bond donors (Lipinski definition) is 0. The molecule has 1 atom stereocenters. The molecule has 1 aromatic carbocycles. The largest absolute Gasteiger partial charge is 0.304 e. The van der Waals surface area contributed by atoms with Gasteiger partial charge < -0.3 is 4.90 Å². The third-order valence-electron chi connectivity index (χ3n) is 3.79. The van der Waals surface area contributed by atoms with Gasteiger partial charge in [0, 0.05) is 29.5 Å². The Morgan fingerprint density at radius 2 is 2.25 bits per heavy atom. The monoisotopic (exact) mass is 283 g/mol. The van der Waals surface area contributed by atoms with Crippen molar-refractivity contribution in [3.8, 4) is 0 Å². The van der Waals surface area contributed by atoms with E-state index >= 15 is 0 Å². The molecule has 0 fully saturated rings. The molecule has 3 aromatic rings. The lowest BCUT2D eigenvalue weighted by Crippen LogP contribution is -2.36. The van der Waals surface area contributed by atoms with Crippen molar-refractivity contribution in [2.24, 2.45) is 0 Å². The van der Waals surface area contributed by atoms with Crippen molar-refractivity contribution >= 4 is 27.9 Å². The number of fused-ring (bicyclic) bond motifs is 2. The standard InChI is InChI=1S/C15H13N3OS/c1-10-8-11-4-2-3-5-12(11)18(10)14(19)13-9-20-15-16-6-7-17(13)15/h2-7,9-10H,8H2,1H3. The topological polar surface area (TPSA) is 37.6 Å². The van der Waals surface area contributed by atoms with Gasteiger partial charge in [0.05, 0.1) is 0 Å². The third-order valence-corrected chi connectivity index (χ3v) is 4.64. The van der Waals surface area contributed by atoms with Crippen LogP contribution in [0.1, 0.15) is 23.0 Å². The Kier molecular flexibility index (Phi) is 2.44. The number of hydrogen-bond acceptors (Lipinski definition) is 3. The number of carbonyl (C=O) groups is 1. The van der Waals surface area contributed by atoms with Crippen LogP contribution in [0.5, 0.6) is 0 Å². The molecule has 0 aliphatic carbocycles. The van der Waals surface area contributed by atoms with E-state index in [2.05, 4.69) is 18.0 Å². The molecule has 2 aromatic heterocycles. The van der Waals surface area contributed by atoms with Gasteiger partial charge in [0.15, 0.2) is 4.96 Å². The first-order valence-electron chi connectivity index (χ1n) is 6.58. The molecule has 20 heavy (non-hydrogen) atoms. The lowest BCUT2D eigenvalue weighted by molar-refractivity contribution is 0.0976. The number of thiazole rings is 1. The highest BCUT2D eigenvalue weighted by Crippen LogP contribution is 2.33. The first kappa shape index (κ1) is 11.7. The highest BCUT2D eigenvalue weighted by molar-refractivity contribution is 7.15. The molecule has 0 radical (unpaired) electrons. The molecule has 0 spiro atoms. The fourth-order valence-corrected chi connectivity index (χ4v) is 3.70. The van der Waals surface area contributed by atoms with Gasteiger partial charge in [-0.3, -0.25) is 9.20 Å². The lowest BCUT2D eigenvalue weighted by Gasteiger charge is -2.22. The highest BCUT2D eigenvalue weighted by Gasteiger charge is 2.32. The number of nitrogens with zero attached hydrogens (tertiary/aromatic N) is 3. The predicted octanol–water partition coefficient (Wildman–Crippen LogP) is 2.99. The average Bonchev–Trinajstić information content (AvgIpc) is 3.09. The number of carbonyl (C=O) groups excluding carboxylic acids is 1. The summed E-state index contributed by atoms with van der Waals surface area (Å²) in [5.74, 6) is 0.0479. The lowest BCUT2D eigenvalue weighted by atomic mass is 10.1. The summed E-state index contributed by atoms with van der Waals surface area (Å²) in [6.07, 6.45) is 4.48. The van der Waals surface area contributed by atoms with E-state index in [9.17, 15) is 4.79 Å². The zero-order valence-corrected chi connectivity index (χ0v) is 11.8. The van der Waals surface area contributed by atoms with Crippen LogP contribution in [0.3, 0.4) is 0 Å². The smallest absolute Gasteiger partial charge is 0.276 e. The first-order chi connectivity index (χ1) is 9.75. The number of aromatic nitrogens is 2. The SMILES string of the molecule is CC1Cc2ccccc2N1C(=O)c1csc2nccn12. The molecule has 0 saturated carbocycles. The first-order valence-corrected chi connectivity index (χ1v) is 7.45. The van der Waals surface area contributed by atoms with Gasteiger partial charge in [-0.15, -0.1) is 11.3 Å². The van der Waals surface area contributed by atoms with Crippen molar-refractivity contribution in [1.29, 1.82) is 0 Å². The summed E-state index contributed by atoms with van der Waals surface area (Å²) in [7, 11) is 0. The van der Waals surface area contributed by atoms with E-state index in [1.165, 1.54) is 16.9 Å². The molecule has 0 saturated heterocycles. The second kappa shape index (κ2) is 4.18. The Morgan fingerprint density at radius 3 is 3.15 bits per heavy atom. The molecule has 1 aliphatic rings. The molecule has 4 nitrogen and oxygen atoms in total. The third kappa shape index (κ3) is 1.53. The van der Waals surface area contributed by atoms with Gasteiger partial charge >= 0.3 is 0 Å². The van der Waals surface area contributed by atoms with Crippen LogP contribution >= 0.6 is 11.3 Å². The van der Waals surface area contributed by atoms with Crippen LogP contribution < -0.4 is 4.90 Å². The summed E-state index contributed by atoms with van der Waals surface area (Å²) in [6.45, 7) is 2.09. The predicted molar refractivity (Wildman–Crippen MR) is 79.5 cm³/mol. The number of rotatable bonds is 1. The molecular weight excluding hydrogens is 270 g/mol. The summed E-state index contributed by atoms with van der Waals surface area (Å²) in [6, 6.07) is 8.32. The number of benzene rings is 1. The molecule has 1 unspecified atom stereocenters. The van der Waals surface area contributed by atoms with Crippen LogP contribution in [0.25, 0.3) is 4.96 Å². The Bertz CT molecular complexity index is 804. The van der Waals surface area contributed by atoms with Crippen LogP contribution in [0.4, 0.5) is 5.69 Å². The molecule has 5 heteroatoms. The number of para-hydroxylation sites is 1. The summed E-state index contributed by atoms with van der Waals surface area (Å²) < 4.78 is 1.86. The van der Waals surface area contributed by atoms with Crippen LogP contribution in [0, 0.1) is 0 Å². The van der Waals surface area contributed by atoms with Crippen molar-refractivity contribution in [2.75, 3.05) is 4.90 Å². The Labute approximate surface area is 120 Å². The van der Waals surface area contributed by atoms with Crippen LogP contribution in [0.15, 0.2) is 42.0 Å². The van der Waals surface area contributed by atoms with Gasteiger partial charge in [-0.2, -0.15) is 0 Å². The zero-order valence-electron chi connectivity index (χ0n) is 11.0. The normalized spacial score (nSPS) is 17.6. The fraction of sp³-hybridized carbons (Fsp3) is 0.200. The number of imidazole rings is 1. The van der Waals surface area contributed by atoms with Crippen LogP contribution in [0.2, 0.25) is 0 Å². The summed E-state index contributed by atoms with van der Waals surface area (Å²) in [5.41, 5.74) is 2.96. The Morgan fingerprint density at radius 1 is 1.40 bits per heavy atom. The van der Waals surface area contributed by atoms with Gasteiger partial charge in [0.2, 0.25) is 0 Å². The molecule has 4 rings (SSSR count). The Balaban J connectivity index is 1.81. The van der Waals surface area contributed by atoms with Gasteiger partial charge in [0.1, 0.15) is 5.69 Å². The van der Waals surface area contributed by atoms with E-state index in [1.807, 2.05) is 39.1 Å². The van der Waals surface area contributed by atoms with Crippen molar-refractivity contribution in [2.45, 2.75) is 19.4 Å². The average molecular weight is 283 g/mol. The fourth-order valence-electron chi connectivity index (χ4n) is 2.88. The van der Waals surface area contributed by atoms with Gasteiger partial charge in [-0.25, -0.2) is 4.98 Å². The second-order valence-corrected chi connectivity index (χ2v) is 5.89. The molecule has 0 N–H and O–H groups in total. The number of amides is 1. The summed E-state index contributed by atoms with van der Waals surface area (Å²) in [4.78, 5) is 19.9. The summed E-state index contributed by atoms with van der Waals surface area (Å²) in [5, 5.41) is 1.89. The molecular formula is C15H13N3OS. The zero-order chi connectivity index (χ0) is 13.7. The summed E-state index contributed by atoms with van der Waals surface area (Å²) >= 11 is 1.49. The molecule has 100 valence electrons.